The number of halogens is 3. The minimum atomic E-state index is -0.927. The second kappa shape index (κ2) is 4.06. The van der Waals surface area contributed by atoms with Gasteiger partial charge in [0.05, 0.1) is 11.9 Å². The first-order valence-electron chi connectivity index (χ1n) is 4.14. The van der Waals surface area contributed by atoms with Crippen molar-refractivity contribution in [2.75, 3.05) is 0 Å². The summed E-state index contributed by atoms with van der Waals surface area (Å²) in [6.07, 6.45) is 1.53. The third-order valence-electron chi connectivity index (χ3n) is 1.86. The first kappa shape index (κ1) is 10.2. The molecule has 0 fully saturated rings. The lowest BCUT2D eigenvalue weighted by molar-refractivity contribution is 0.500. The van der Waals surface area contributed by atoms with Crippen LogP contribution in [0.3, 0.4) is 0 Å². The van der Waals surface area contributed by atoms with Gasteiger partial charge in [0.25, 0.3) is 0 Å². The summed E-state index contributed by atoms with van der Waals surface area (Å²) in [5, 5.41) is 7.97. The number of alkyl halides is 1. The van der Waals surface area contributed by atoms with E-state index < -0.39 is 11.6 Å². The van der Waals surface area contributed by atoms with Crippen molar-refractivity contribution < 1.29 is 8.78 Å². The van der Waals surface area contributed by atoms with Gasteiger partial charge in [0.1, 0.15) is 5.69 Å². The lowest BCUT2D eigenvalue weighted by Gasteiger charge is -2.01. The third kappa shape index (κ3) is 1.90. The topological polar surface area (TPSA) is 30.7 Å². The molecule has 0 atom stereocenters. The van der Waals surface area contributed by atoms with Crippen LogP contribution in [-0.4, -0.2) is 15.0 Å². The van der Waals surface area contributed by atoms with Crippen molar-refractivity contribution >= 4 is 15.9 Å². The second-order valence-electron chi connectivity index (χ2n) is 2.86. The summed E-state index contributed by atoms with van der Waals surface area (Å²) in [4.78, 5) is 0. The van der Waals surface area contributed by atoms with Gasteiger partial charge in [0, 0.05) is 5.33 Å². The van der Waals surface area contributed by atoms with E-state index in [1.54, 1.807) is 0 Å². The lowest BCUT2D eigenvalue weighted by atomic mass is 10.3. The van der Waals surface area contributed by atoms with Gasteiger partial charge in [-0.05, 0) is 12.1 Å². The summed E-state index contributed by atoms with van der Waals surface area (Å²) in [5.74, 6) is -1.83. The molecule has 0 bridgehead atoms. The van der Waals surface area contributed by atoms with Gasteiger partial charge in [-0.15, -0.1) is 5.10 Å². The highest BCUT2D eigenvalue weighted by atomic mass is 79.9. The molecule has 0 aliphatic carbocycles. The summed E-state index contributed by atoms with van der Waals surface area (Å²) >= 11 is 3.19. The maximum atomic E-state index is 13.3. The van der Waals surface area contributed by atoms with Gasteiger partial charge in [0.2, 0.25) is 0 Å². The van der Waals surface area contributed by atoms with Crippen LogP contribution in [-0.2, 0) is 5.33 Å². The van der Waals surface area contributed by atoms with Gasteiger partial charge in [0.15, 0.2) is 11.6 Å². The van der Waals surface area contributed by atoms with E-state index >= 15 is 0 Å². The zero-order valence-corrected chi connectivity index (χ0v) is 9.08. The van der Waals surface area contributed by atoms with Crippen LogP contribution in [0, 0.1) is 11.6 Å². The Labute approximate surface area is 92.8 Å². The average Bonchev–Trinajstić information content (AvgIpc) is 2.70. The highest BCUT2D eigenvalue weighted by Gasteiger charge is 2.10. The first-order chi connectivity index (χ1) is 7.22. The van der Waals surface area contributed by atoms with Crippen LogP contribution in [0.1, 0.15) is 5.69 Å². The molecule has 1 heterocycles. The summed E-state index contributed by atoms with van der Waals surface area (Å²) < 4.78 is 27.4. The normalized spacial score (nSPS) is 10.6. The molecule has 0 saturated carbocycles. The fourth-order valence-electron chi connectivity index (χ4n) is 1.15. The van der Waals surface area contributed by atoms with E-state index in [2.05, 4.69) is 26.2 Å². The predicted octanol–water partition coefficient (Wildman–Crippen LogP) is 2.44. The summed E-state index contributed by atoms with van der Waals surface area (Å²) in [6, 6.07) is 3.91. The quantitative estimate of drug-likeness (QED) is 0.787. The number of rotatable bonds is 2. The zero-order valence-electron chi connectivity index (χ0n) is 7.49. The van der Waals surface area contributed by atoms with Crippen molar-refractivity contribution in [3.8, 4) is 5.69 Å². The van der Waals surface area contributed by atoms with Crippen LogP contribution in [0.25, 0.3) is 5.69 Å². The number of hydrogen-bond acceptors (Lipinski definition) is 2. The monoisotopic (exact) mass is 273 g/mol. The molecule has 0 aliphatic heterocycles. The molecule has 3 nitrogen and oxygen atoms in total. The number of hydrogen-bond donors (Lipinski definition) is 0. The molecular formula is C9H6BrF2N3. The number of benzene rings is 1. The molecule has 2 aromatic rings. The Bertz CT molecular complexity index is 484. The zero-order chi connectivity index (χ0) is 10.8. The maximum absolute atomic E-state index is 13.3. The molecule has 0 saturated heterocycles. The van der Waals surface area contributed by atoms with Crippen LogP contribution < -0.4 is 0 Å². The van der Waals surface area contributed by atoms with E-state index in [9.17, 15) is 8.78 Å². The van der Waals surface area contributed by atoms with Crippen molar-refractivity contribution in [2.45, 2.75) is 5.33 Å². The molecule has 0 amide bonds. The van der Waals surface area contributed by atoms with Crippen molar-refractivity contribution in [3.63, 3.8) is 0 Å². The standard InChI is InChI=1S/C9H6BrF2N3/c10-4-6-5-15(14-13-6)8-3-1-2-7(11)9(8)12/h1-3,5H,4H2. The Morgan fingerprint density at radius 3 is 2.80 bits per heavy atom. The highest BCUT2D eigenvalue weighted by Crippen LogP contribution is 2.15. The number of nitrogens with zero attached hydrogens (tertiary/aromatic N) is 3. The summed E-state index contributed by atoms with van der Waals surface area (Å²) in [6.45, 7) is 0. The maximum Gasteiger partial charge on any atom is 0.184 e. The van der Waals surface area contributed by atoms with Crippen LogP contribution in [0.5, 0.6) is 0 Å². The smallest absolute Gasteiger partial charge is 0.184 e. The van der Waals surface area contributed by atoms with E-state index in [4.69, 9.17) is 0 Å². The fourth-order valence-corrected chi connectivity index (χ4v) is 1.40. The van der Waals surface area contributed by atoms with Crippen molar-refractivity contribution in [3.05, 3.63) is 41.7 Å². The minimum absolute atomic E-state index is 0.0506. The fraction of sp³-hybridized carbons (Fsp3) is 0.111. The molecule has 6 heteroatoms. The van der Waals surface area contributed by atoms with Gasteiger partial charge < -0.3 is 0 Å². The Hall–Kier alpha value is -1.30. The third-order valence-corrected chi connectivity index (χ3v) is 2.43. The van der Waals surface area contributed by atoms with Crippen molar-refractivity contribution in [1.82, 2.24) is 15.0 Å². The molecule has 0 unspecified atom stereocenters. The lowest BCUT2D eigenvalue weighted by Crippen LogP contribution is -2.00. The largest absolute Gasteiger partial charge is 0.217 e. The van der Waals surface area contributed by atoms with Gasteiger partial charge in [-0.3, -0.25) is 0 Å². The van der Waals surface area contributed by atoms with E-state index in [1.807, 2.05) is 0 Å². The molecule has 78 valence electrons. The van der Waals surface area contributed by atoms with Crippen LogP contribution in [0.15, 0.2) is 24.4 Å². The summed E-state index contributed by atoms with van der Waals surface area (Å²) in [5.41, 5.74) is 0.702. The number of aromatic nitrogens is 3. The Kier molecular flexibility index (Phi) is 2.77. The molecule has 2 rings (SSSR count). The highest BCUT2D eigenvalue weighted by molar-refractivity contribution is 9.08. The Morgan fingerprint density at radius 2 is 2.13 bits per heavy atom. The first-order valence-corrected chi connectivity index (χ1v) is 5.26. The Balaban J connectivity index is 2.49. The summed E-state index contributed by atoms with van der Waals surface area (Å²) in [7, 11) is 0. The van der Waals surface area contributed by atoms with E-state index in [0.717, 1.165) is 6.07 Å². The Morgan fingerprint density at radius 1 is 1.33 bits per heavy atom. The molecule has 0 N–H and O–H groups in total. The molecule has 0 radical (unpaired) electrons. The molecule has 1 aromatic heterocycles. The van der Waals surface area contributed by atoms with Crippen LogP contribution in [0.2, 0.25) is 0 Å². The van der Waals surface area contributed by atoms with Crippen LogP contribution >= 0.6 is 15.9 Å². The van der Waals surface area contributed by atoms with Gasteiger partial charge in [-0.1, -0.05) is 27.2 Å². The van der Waals surface area contributed by atoms with Crippen LogP contribution in [0.4, 0.5) is 8.78 Å². The molecular weight excluding hydrogens is 268 g/mol. The minimum Gasteiger partial charge on any atom is -0.217 e. The van der Waals surface area contributed by atoms with Gasteiger partial charge in [-0.25, -0.2) is 13.5 Å². The molecule has 1 aromatic carbocycles. The van der Waals surface area contributed by atoms with Gasteiger partial charge in [-0.2, -0.15) is 0 Å². The van der Waals surface area contributed by atoms with E-state index in [-0.39, 0.29) is 5.69 Å². The van der Waals surface area contributed by atoms with E-state index in [1.165, 1.54) is 23.0 Å². The predicted molar refractivity (Wildman–Crippen MR) is 53.9 cm³/mol. The second-order valence-corrected chi connectivity index (χ2v) is 3.42. The van der Waals surface area contributed by atoms with E-state index in [0.29, 0.717) is 11.0 Å². The average molecular weight is 274 g/mol. The molecule has 15 heavy (non-hydrogen) atoms. The van der Waals surface area contributed by atoms with Gasteiger partial charge >= 0.3 is 0 Å². The molecule has 0 aliphatic rings. The van der Waals surface area contributed by atoms with Crippen molar-refractivity contribution in [2.24, 2.45) is 0 Å². The SMILES string of the molecule is Fc1cccc(-n2cc(CBr)nn2)c1F. The van der Waals surface area contributed by atoms with Crippen molar-refractivity contribution in [1.29, 1.82) is 0 Å². The molecule has 0 spiro atoms.